The average molecular weight is 524 g/mol. The number of ketones is 1. The molecular weight excluding hydrogens is 490 g/mol. The number of hydrogen-bond donors (Lipinski definition) is 1. The first-order valence-electron chi connectivity index (χ1n) is 12.3. The fourth-order valence-corrected chi connectivity index (χ4v) is 4.08. The molecule has 37 heavy (non-hydrogen) atoms. The highest BCUT2D eigenvalue weighted by atomic mass is 19.4. The van der Waals surface area contributed by atoms with E-state index in [1.165, 1.54) is 17.0 Å². The van der Waals surface area contributed by atoms with Crippen molar-refractivity contribution in [2.45, 2.75) is 52.0 Å². The fourth-order valence-electron chi connectivity index (χ4n) is 4.08. The maximum atomic E-state index is 13.4. The van der Waals surface area contributed by atoms with Crippen LogP contribution in [0.5, 0.6) is 5.75 Å². The molecular formula is C27H33F4N3O3. The van der Waals surface area contributed by atoms with Gasteiger partial charge in [-0.15, -0.1) is 0 Å². The Balaban J connectivity index is 1.62. The zero-order valence-corrected chi connectivity index (χ0v) is 21.1. The van der Waals surface area contributed by atoms with Crippen LogP contribution in [0.15, 0.2) is 48.5 Å². The first kappa shape index (κ1) is 28.4. The van der Waals surface area contributed by atoms with E-state index in [1.807, 2.05) is 24.3 Å². The van der Waals surface area contributed by atoms with Gasteiger partial charge < -0.3 is 15.0 Å². The second-order valence-corrected chi connectivity index (χ2v) is 9.69. The standard InChI is InChI=1S/C27H33F4N3O3/c1-19(2)18-37-24-9-5-20(6-10-24)15-32-26(36)34(16-21-3-7-22(28)8-4-21)23-11-13-33(14-12-23)17-25(35)27(29,30)31/h3-10,19,23H,11-18H2,1-2H3,(H,32,36). The number of ether oxygens (including phenoxy) is 1. The summed E-state index contributed by atoms with van der Waals surface area (Å²) in [4.78, 5) is 27.7. The van der Waals surface area contributed by atoms with E-state index in [0.29, 0.717) is 25.4 Å². The van der Waals surface area contributed by atoms with Crippen molar-refractivity contribution >= 4 is 11.8 Å². The predicted octanol–water partition coefficient (Wildman–Crippen LogP) is 5.17. The molecule has 0 saturated carbocycles. The number of likely N-dealkylation sites (tertiary alicyclic amines) is 1. The van der Waals surface area contributed by atoms with Gasteiger partial charge >= 0.3 is 12.2 Å². The van der Waals surface area contributed by atoms with Gasteiger partial charge in [-0.05, 0) is 54.2 Å². The van der Waals surface area contributed by atoms with Gasteiger partial charge in [0.15, 0.2) is 0 Å². The summed E-state index contributed by atoms with van der Waals surface area (Å²) in [6.45, 7) is 5.08. The largest absolute Gasteiger partial charge is 0.493 e. The van der Waals surface area contributed by atoms with Gasteiger partial charge in [-0.25, -0.2) is 9.18 Å². The summed E-state index contributed by atoms with van der Waals surface area (Å²) in [5, 5.41) is 2.92. The minimum Gasteiger partial charge on any atom is -0.493 e. The lowest BCUT2D eigenvalue weighted by molar-refractivity contribution is -0.172. The molecule has 0 spiro atoms. The van der Waals surface area contributed by atoms with Crippen LogP contribution >= 0.6 is 0 Å². The Kier molecular flexibility index (Phi) is 9.91. The second kappa shape index (κ2) is 12.9. The van der Waals surface area contributed by atoms with Crippen LogP contribution in [0.25, 0.3) is 0 Å². The minimum atomic E-state index is -4.86. The Morgan fingerprint density at radius 3 is 2.19 bits per heavy atom. The molecule has 6 nitrogen and oxygen atoms in total. The van der Waals surface area contributed by atoms with Gasteiger partial charge in [-0.2, -0.15) is 13.2 Å². The third-order valence-electron chi connectivity index (χ3n) is 6.16. The zero-order valence-electron chi connectivity index (χ0n) is 21.1. The number of amides is 2. The van der Waals surface area contributed by atoms with E-state index in [-0.39, 0.29) is 44.1 Å². The molecule has 2 amide bonds. The summed E-state index contributed by atoms with van der Waals surface area (Å²) in [5.74, 6) is -1.00. The van der Waals surface area contributed by atoms with E-state index >= 15 is 0 Å². The summed E-state index contributed by atoms with van der Waals surface area (Å²) in [7, 11) is 0. The molecule has 0 radical (unpaired) electrons. The van der Waals surface area contributed by atoms with Gasteiger partial charge in [0.05, 0.1) is 13.2 Å². The van der Waals surface area contributed by atoms with Crippen LogP contribution in [0.1, 0.15) is 37.8 Å². The number of Topliss-reactive ketones (excluding diaryl/α,β-unsaturated/α-hetero) is 1. The molecule has 202 valence electrons. The minimum absolute atomic E-state index is 0.222. The number of alkyl halides is 3. The molecule has 2 aromatic carbocycles. The molecule has 10 heteroatoms. The summed E-state index contributed by atoms with van der Waals surface area (Å²) >= 11 is 0. The van der Waals surface area contributed by atoms with E-state index < -0.39 is 18.5 Å². The summed E-state index contributed by atoms with van der Waals surface area (Å²) in [6.07, 6.45) is -4.02. The third-order valence-corrected chi connectivity index (χ3v) is 6.16. The van der Waals surface area contributed by atoms with Gasteiger partial charge in [-0.3, -0.25) is 9.69 Å². The number of urea groups is 1. The van der Waals surface area contributed by atoms with Crippen molar-refractivity contribution in [3.8, 4) is 5.75 Å². The Hall–Kier alpha value is -3.14. The SMILES string of the molecule is CC(C)COc1ccc(CNC(=O)N(Cc2ccc(F)cc2)C2CCN(CC(=O)C(F)(F)F)CC2)cc1. The predicted molar refractivity (Wildman–Crippen MR) is 131 cm³/mol. The van der Waals surface area contributed by atoms with Crippen molar-refractivity contribution in [3.63, 3.8) is 0 Å². The van der Waals surface area contributed by atoms with Crippen molar-refractivity contribution in [2.75, 3.05) is 26.2 Å². The van der Waals surface area contributed by atoms with Gasteiger partial charge in [0.1, 0.15) is 11.6 Å². The van der Waals surface area contributed by atoms with Crippen molar-refractivity contribution in [3.05, 3.63) is 65.5 Å². The molecule has 1 N–H and O–H groups in total. The van der Waals surface area contributed by atoms with E-state index in [1.54, 1.807) is 17.0 Å². The van der Waals surface area contributed by atoms with Crippen LogP contribution in [-0.4, -0.2) is 60.1 Å². The van der Waals surface area contributed by atoms with Crippen LogP contribution in [0.4, 0.5) is 22.4 Å². The second-order valence-electron chi connectivity index (χ2n) is 9.69. The molecule has 1 fully saturated rings. The van der Waals surface area contributed by atoms with E-state index in [0.717, 1.165) is 16.9 Å². The number of carbonyl (C=O) groups is 2. The first-order chi connectivity index (χ1) is 17.5. The molecule has 0 aliphatic carbocycles. The van der Waals surface area contributed by atoms with Crippen LogP contribution in [-0.2, 0) is 17.9 Å². The average Bonchev–Trinajstić information content (AvgIpc) is 2.86. The molecule has 0 bridgehead atoms. The number of nitrogens with one attached hydrogen (secondary N) is 1. The molecule has 1 heterocycles. The van der Waals surface area contributed by atoms with Gasteiger partial charge in [0.2, 0.25) is 5.78 Å². The highest BCUT2D eigenvalue weighted by Crippen LogP contribution is 2.22. The molecule has 0 atom stereocenters. The third kappa shape index (κ3) is 9.03. The number of nitrogens with zero attached hydrogens (tertiary/aromatic N) is 2. The maximum Gasteiger partial charge on any atom is 0.451 e. The first-order valence-corrected chi connectivity index (χ1v) is 12.3. The molecule has 1 aliphatic heterocycles. The summed E-state index contributed by atoms with van der Waals surface area (Å²) in [6, 6.07) is 12.7. The van der Waals surface area contributed by atoms with E-state index in [9.17, 15) is 27.2 Å². The lowest BCUT2D eigenvalue weighted by Gasteiger charge is -2.38. The van der Waals surface area contributed by atoms with Crippen molar-refractivity contribution in [2.24, 2.45) is 5.92 Å². The summed E-state index contributed by atoms with van der Waals surface area (Å²) in [5.41, 5.74) is 1.62. The quantitative estimate of drug-likeness (QED) is 0.437. The van der Waals surface area contributed by atoms with Crippen molar-refractivity contribution in [1.29, 1.82) is 0 Å². The maximum absolute atomic E-state index is 13.4. The van der Waals surface area contributed by atoms with Crippen LogP contribution < -0.4 is 10.1 Å². The molecule has 0 aromatic heterocycles. The number of piperidine rings is 1. The molecule has 2 aromatic rings. The van der Waals surface area contributed by atoms with Gasteiger partial charge in [-0.1, -0.05) is 38.1 Å². The smallest absolute Gasteiger partial charge is 0.451 e. The van der Waals surface area contributed by atoms with Crippen LogP contribution in [0.2, 0.25) is 0 Å². The van der Waals surface area contributed by atoms with Crippen molar-refractivity contribution < 1.29 is 31.9 Å². The Bertz CT molecular complexity index is 1020. The Morgan fingerprint density at radius 2 is 1.62 bits per heavy atom. The molecule has 1 saturated heterocycles. The normalized spacial score (nSPS) is 15.0. The van der Waals surface area contributed by atoms with E-state index in [2.05, 4.69) is 19.2 Å². The number of halogens is 4. The molecule has 1 aliphatic rings. The monoisotopic (exact) mass is 523 g/mol. The molecule has 0 unspecified atom stereocenters. The van der Waals surface area contributed by atoms with Crippen LogP contribution in [0, 0.1) is 11.7 Å². The van der Waals surface area contributed by atoms with Gasteiger partial charge in [0, 0.05) is 32.2 Å². The lowest BCUT2D eigenvalue weighted by atomic mass is 10.0. The Morgan fingerprint density at radius 1 is 1.03 bits per heavy atom. The van der Waals surface area contributed by atoms with Crippen molar-refractivity contribution in [1.82, 2.24) is 15.1 Å². The fraction of sp³-hybridized carbons (Fsp3) is 0.481. The molecule has 3 rings (SSSR count). The highest BCUT2D eigenvalue weighted by Gasteiger charge is 2.39. The van der Waals surface area contributed by atoms with Gasteiger partial charge in [0.25, 0.3) is 0 Å². The highest BCUT2D eigenvalue weighted by molar-refractivity contribution is 5.85. The topological polar surface area (TPSA) is 61.9 Å². The van der Waals surface area contributed by atoms with Crippen LogP contribution in [0.3, 0.4) is 0 Å². The lowest BCUT2D eigenvalue weighted by Crippen LogP contribution is -2.51. The zero-order chi connectivity index (χ0) is 27.0. The number of carbonyl (C=O) groups excluding carboxylic acids is 2. The summed E-state index contributed by atoms with van der Waals surface area (Å²) < 4.78 is 57.0. The number of benzene rings is 2. The number of hydrogen-bond acceptors (Lipinski definition) is 4. The van der Waals surface area contributed by atoms with E-state index in [4.69, 9.17) is 4.74 Å². The Labute approximate surface area is 214 Å². The number of rotatable bonds is 10.